The Kier molecular flexibility index (Phi) is 3.84. The Balaban J connectivity index is 2.75. The van der Waals surface area contributed by atoms with E-state index in [0.717, 1.165) is 6.07 Å². The number of nitriles is 1. The molecule has 3 N–H and O–H groups in total. The quantitative estimate of drug-likeness (QED) is 0.806. The van der Waals surface area contributed by atoms with Crippen LogP contribution in [0.15, 0.2) is 18.2 Å². The summed E-state index contributed by atoms with van der Waals surface area (Å²) in [5, 5.41) is 11.4. The average Bonchev–Trinajstić information content (AvgIpc) is 2.19. The Morgan fingerprint density at radius 2 is 2.38 bits per heavy atom. The first kappa shape index (κ1) is 12.0. The molecule has 1 aromatic carbocycles. The van der Waals surface area contributed by atoms with Crippen molar-refractivity contribution in [3.63, 3.8) is 0 Å². The Morgan fingerprint density at radius 1 is 1.69 bits per heavy atom. The molecule has 0 fully saturated rings. The van der Waals surface area contributed by atoms with Crippen molar-refractivity contribution in [2.24, 2.45) is 5.73 Å². The molecule has 1 aromatic rings. The molecule has 84 valence electrons. The molecule has 0 aliphatic heterocycles. The predicted octanol–water partition coefficient (Wildman–Crippen LogP) is 1.37. The molecule has 0 aliphatic carbocycles. The van der Waals surface area contributed by atoms with Gasteiger partial charge in [0.05, 0.1) is 17.3 Å². The fourth-order valence-electron chi connectivity index (χ4n) is 1.32. The highest BCUT2D eigenvalue weighted by Crippen LogP contribution is 2.16. The number of anilines is 1. The van der Waals surface area contributed by atoms with Crippen LogP contribution in [0.5, 0.6) is 0 Å². The van der Waals surface area contributed by atoms with E-state index in [-0.39, 0.29) is 23.7 Å². The Bertz CT molecular complexity index is 439. The van der Waals surface area contributed by atoms with Crippen molar-refractivity contribution in [3.05, 3.63) is 29.6 Å². The van der Waals surface area contributed by atoms with Crippen LogP contribution in [0.1, 0.15) is 18.9 Å². The van der Waals surface area contributed by atoms with Crippen molar-refractivity contribution in [2.45, 2.75) is 19.4 Å². The molecular formula is C11H12FN3O. The number of hydrogen-bond donors (Lipinski definition) is 2. The molecule has 1 rings (SSSR count). The molecule has 0 aromatic heterocycles. The van der Waals surface area contributed by atoms with E-state index in [1.165, 1.54) is 12.1 Å². The molecule has 16 heavy (non-hydrogen) atoms. The summed E-state index contributed by atoms with van der Waals surface area (Å²) in [6.07, 6.45) is 0.124. The first-order valence-corrected chi connectivity index (χ1v) is 4.77. The summed E-state index contributed by atoms with van der Waals surface area (Å²) >= 11 is 0. The van der Waals surface area contributed by atoms with Gasteiger partial charge in [-0.25, -0.2) is 4.39 Å². The highest BCUT2D eigenvalue weighted by molar-refractivity contribution is 5.74. The molecule has 4 nitrogen and oxygen atoms in total. The minimum Gasteiger partial charge on any atom is -0.380 e. The average molecular weight is 221 g/mol. The summed E-state index contributed by atoms with van der Waals surface area (Å²) in [4.78, 5) is 10.6. The lowest BCUT2D eigenvalue weighted by Crippen LogP contribution is -2.24. The number of benzene rings is 1. The van der Waals surface area contributed by atoms with Crippen LogP contribution in [-0.4, -0.2) is 11.9 Å². The van der Waals surface area contributed by atoms with Gasteiger partial charge in [-0.15, -0.1) is 0 Å². The number of amides is 1. The third-order valence-electron chi connectivity index (χ3n) is 2.01. The number of primary amides is 1. The zero-order valence-electron chi connectivity index (χ0n) is 8.83. The number of nitrogens with two attached hydrogens (primary N) is 1. The van der Waals surface area contributed by atoms with Gasteiger partial charge in [-0.3, -0.25) is 4.79 Å². The van der Waals surface area contributed by atoms with E-state index in [4.69, 9.17) is 11.0 Å². The number of carbonyl (C=O) groups excluding carboxylic acids is 1. The molecule has 0 saturated carbocycles. The third-order valence-corrected chi connectivity index (χ3v) is 2.01. The topological polar surface area (TPSA) is 78.9 Å². The molecule has 1 amide bonds. The number of hydrogen-bond acceptors (Lipinski definition) is 3. The van der Waals surface area contributed by atoms with Crippen LogP contribution in [0.4, 0.5) is 10.1 Å². The maximum atomic E-state index is 13.4. The van der Waals surface area contributed by atoms with Gasteiger partial charge < -0.3 is 11.1 Å². The van der Waals surface area contributed by atoms with Gasteiger partial charge in [0.15, 0.2) is 0 Å². The lowest BCUT2D eigenvalue weighted by molar-refractivity contribution is -0.118. The van der Waals surface area contributed by atoms with E-state index in [2.05, 4.69) is 5.32 Å². The number of halogens is 1. The Morgan fingerprint density at radius 3 is 2.88 bits per heavy atom. The van der Waals surface area contributed by atoms with E-state index in [0.29, 0.717) is 0 Å². The van der Waals surface area contributed by atoms with Crippen LogP contribution >= 0.6 is 0 Å². The zero-order valence-corrected chi connectivity index (χ0v) is 8.83. The van der Waals surface area contributed by atoms with Gasteiger partial charge in [-0.05, 0) is 25.1 Å². The van der Waals surface area contributed by atoms with E-state index in [1.807, 2.05) is 6.07 Å². The summed E-state index contributed by atoms with van der Waals surface area (Å²) in [5.74, 6) is -0.968. The van der Waals surface area contributed by atoms with E-state index >= 15 is 0 Å². The molecule has 0 heterocycles. The van der Waals surface area contributed by atoms with Crippen molar-refractivity contribution < 1.29 is 9.18 Å². The third kappa shape index (κ3) is 3.24. The largest absolute Gasteiger partial charge is 0.380 e. The minimum absolute atomic E-state index is 0.124. The molecule has 5 heteroatoms. The Labute approximate surface area is 92.9 Å². The first-order valence-electron chi connectivity index (χ1n) is 4.77. The second-order valence-electron chi connectivity index (χ2n) is 3.52. The molecule has 0 saturated heterocycles. The standard InChI is InChI=1S/C11H12FN3O/c1-7(4-11(14)16)15-10-3-2-8(6-13)5-9(10)12/h2-3,5,7,15H,4H2,1H3,(H2,14,16). The second kappa shape index (κ2) is 5.12. The second-order valence-corrected chi connectivity index (χ2v) is 3.52. The fraction of sp³-hybridized carbons (Fsp3) is 0.273. The van der Waals surface area contributed by atoms with Gasteiger partial charge in [0.2, 0.25) is 5.91 Å². The van der Waals surface area contributed by atoms with Crippen LogP contribution < -0.4 is 11.1 Å². The van der Waals surface area contributed by atoms with Crippen LogP contribution in [-0.2, 0) is 4.79 Å². The maximum absolute atomic E-state index is 13.4. The number of carbonyl (C=O) groups is 1. The predicted molar refractivity (Wildman–Crippen MR) is 58.0 cm³/mol. The maximum Gasteiger partial charge on any atom is 0.219 e. The highest BCUT2D eigenvalue weighted by atomic mass is 19.1. The van der Waals surface area contributed by atoms with Crippen molar-refractivity contribution in [3.8, 4) is 6.07 Å². The molecule has 0 aliphatic rings. The summed E-state index contributed by atoms with van der Waals surface area (Å²) in [5.41, 5.74) is 5.53. The normalized spacial score (nSPS) is 11.6. The van der Waals surface area contributed by atoms with Crippen molar-refractivity contribution in [2.75, 3.05) is 5.32 Å². The molecule has 0 radical (unpaired) electrons. The summed E-state index contributed by atoms with van der Waals surface area (Å²) in [6, 6.07) is 5.69. The zero-order chi connectivity index (χ0) is 12.1. The molecule has 0 bridgehead atoms. The van der Waals surface area contributed by atoms with E-state index < -0.39 is 11.7 Å². The number of rotatable bonds is 4. The van der Waals surface area contributed by atoms with Crippen LogP contribution in [0.3, 0.4) is 0 Å². The van der Waals surface area contributed by atoms with Crippen molar-refractivity contribution >= 4 is 11.6 Å². The van der Waals surface area contributed by atoms with Gasteiger partial charge in [0.1, 0.15) is 5.82 Å². The molecule has 1 atom stereocenters. The Hall–Kier alpha value is -2.09. The minimum atomic E-state index is -0.518. The van der Waals surface area contributed by atoms with Gasteiger partial charge in [-0.1, -0.05) is 0 Å². The monoisotopic (exact) mass is 221 g/mol. The van der Waals surface area contributed by atoms with Gasteiger partial charge in [0, 0.05) is 12.5 Å². The smallest absolute Gasteiger partial charge is 0.219 e. The van der Waals surface area contributed by atoms with Gasteiger partial charge in [-0.2, -0.15) is 5.26 Å². The first-order chi connectivity index (χ1) is 7.52. The lowest BCUT2D eigenvalue weighted by atomic mass is 10.1. The van der Waals surface area contributed by atoms with E-state index in [9.17, 15) is 9.18 Å². The van der Waals surface area contributed by atoms with Crippen molar-refractivity contribution in [1.29, 1.82) is 5.26 Å². The highest BCUT2D eigenvalue weighted by Gasteiger charge is 2.09. The SMILES string of the molecule is CC(CC(N)=O)Nc1ccc(C#N)cc1F. The summed E-state index contributed by atoms with van der Waals surface area (Å²) in [7, 11) is 0. The van der Waals surface area contributed by atoms with Gasteiger partial charge in [0.25, 0.3) is 0 Å². The van der Waals surface area contributed by atoms with Crippen molar-refractivity contribution in [1.82, 2.24) is 0 Å². The van der Waals surface area contributed by atoms with Crippen LogP contribution in [0, 0.1) is 17.1 Å². The van der Waals surface area contributed by atoms with Gasteiger partial charge >= 0.3 is 0 Å². The van der Waals surface area contributed by atoms with E-state index in [1.54, 1.807) is 6.92 Å². The molecule has 1 unspecified atom stereocenters. The van der Waals surface area contributed by atoms with Crippen LogP contribution in [0.2, 0.25) is 0 Å². The number of nitrogens with zero attached hydrogens (tertiary/aromatic N) is 1. The molecule has 0 spiro atoms. The fourth-order valence-corrected chi connectivity index (χ4v) is 1.32. The lowest BCUT2D eigenvalue weighted by Gasteiger charge is -2.14. The number of nitrogens with one attached hydrogen (secondary N) is 1. The summed E-state index contributed by atoms with van der Waals surface area (Å²) < 4.78 is 13.4. The summed E-state index contributed by atoms with van der Waals surface area (Å²) in [6.45, 7) is 1.72. The van der Waals surface area contributed by atoms with Crippen LogP contribution in [0.25, 0.3) is 0 Å². The molecular weight excluding hydrogens is 209 g/mol.